The zero-order valence-corrected chi connectivity index (χ0v) is 11.0. The van der Waals surface area contributed by atoms with Crippen LogP contribution in [-0.2, 0) is 14.4 Å². The molecule has 2 heterocycles. The Kier molecular flexibility index (Phi) is 3.03. The zero-order valence-electron chi connectivity index (χ0n) is 11.0. The molecule has 0 radical (unpaired) electrons. The van der Waals surface area contributed by atoms with Gasteiger partial charge in [0.05, 0.1) is 0 Å². The lowest BCUT2D eigenvalue weighted by Crippen LogP contribution is -2.45. The van der Waals surface area contributed by atoms with Crippen molar-refractivity contribution in [3.8, 4) is 0 Å². The molecule has 0 aromatic carbocycles. The van der Waals surface area contributed by atoms with E-state index in [-0.39, 0.29) is 6.54 Å². The number of nitrogens with zero attached hydrogens (tertiary/aromatic N) is 2. The second-order valence-electron chi connectivity index (χ2n) is 5.49. The summed E-state index contributed by atoms with van der Waals surface area (Å²) in [7, 11) is 0. The van der Waals surface area contributed by atoms with Crippen molar-refractivity contribution < 1.29 is 29.1 Å². The Morgan fingerprint density at radius 1 is 1.42 bits per heavy atom. The number of ether oxygens (including phenoxy) is 1. The highest BCUT2D eigenvalue weighted by Gasteiger charge is 2.55. The van der Waals surface area contributed by atoms with Gasteiger partial charge in [-0.2, -0.15) is 0 Å². The Hall–Kier alpha value is -1.99. The van der Waals surface area contributed by atoms with Crippen molar-refractivity contribution in [2.24, 2.45) is 0 Å². The van der Waals surface area contributed by atoms with Gasteiger partial charge in [-0.25, -0.2) is 14.4 Å². The van der Waals surface area contributed by atoms with Crippen molar-refractivity contribution in [3.05, 3.63) is 0 Å². The largest absolute Gasteiger partial charge is 0.463 e. The number of carbonyl (C=O) groups excluding carboxylic acids is 2. The van der Waals surface area contributed by atoms with Crippen molar-refractivity contribution in [2.45, 2.75) is 44.9 Å². The number of likely N-dealkylation sites (tertiary alicyclic amines) is 1. The van der Waals surface area contributed by atoms with E-state index in [1.807, 2.05) is 0 Å². The summed E-state index contributed by atoms with van der Waals surface area (Å²) < 4.78 is 5.19. The quantitative estimate of drug-likeness (QED) is 0.701. The molecule has 2 aliphatic heterocycles. The molecule has 2 aliphatic rings. The van der Waals surface area contributed by atoms with Crippen LogP contribution in [0.1, 0.15) is 27.2 Å². The number of hydrogen-bond donors (Lipinski definition) is 1. The summed E-state index contributed by atoms with van der Waals surface area (Å²) in [6.07, 6.45) is -1.63. The molecular weight excluding hydrogens is 256 g/mol. The number of hydrogen-bond acceptors (Lipinski definition) is 5. The number of carbonyl (C=O) groups is 3. The highest BCUT2D eigenvalue weighted by molar-refractivity contribution is 5.86. The van der Waals surface area contributed by atoms with Gasteiger partial charge in [-0.15, -0.1) is 5.06 Å². The lowest BCUT2D eigenvalue weighted by Gasteiger charge is -2.26. The predicted molar refractivity (Wildman–Crippen MR) is 61.1 cm³/mol. The number of hydroxylamine groups is 2. The minimum Gasteiger partial charge on any atom is -0.463 e. The van der Waals surface area contributed by atoms with Crippen LogP contribution in [0.5, 0.6) is 0 Å². The fourth-order valence-corrected chi connectivity index (χ4v) is 2.23. The molecule has 0 saturated carbocycles. The number of rotatable bonds is 0. The summed E-state index contributed by atoms with van der Waals surface area (Å²) in [6.45, 7) is 5.42. The molecule has 8 nitrogen and oxygen atoms in total. The van der Waals surface area contributed by atoms with Gasteiger partial charge < -0.3 is 14.7 Å². The van der Waals surface area contributed by atoms with Gasteiger partial charge in [0, 0.05) is 6.54 Å². The molecule has 0 aromatic rings. The average Bonchev–Trinajstić information content (AvgIpc) is 2.77. The standard InChI is InChI=1S/C11H16N2O6/c1-11(2,3)18-10(17)12-5-4-6-7(12)8(14)19-13(6)9(15)16/h6-7H,4-5H2,1-3H3,(H,15,16). The third-order valence-electron chi connectivity index (χ3n) is 2.91. The van der Waals surface area contributed by atoms with Gasteiger partial charge in [-0.05, 0) is 27.2 Å². The van der Waals surface area contributed by atoms with Crippen LogP contribution in [0.25, 0.3) is 0 Å². The summed E-state index contributed by atoms with van der Waals surface area (Å²) in [5.74, 6) is -0.740. The van der Waals surface area contributed by atoms with Crippen molar-refractivity contribution in [3.63, 3.8) is 0 Å². The highest BCUT2D eigenvalue weighted by atomic mass is 16.7. The lowest BCUT2D eigenvalue weighted by atomic mass is 10.1. The third-order valence-corrected chi connectivity index (χ3v) is 2.91. The molecule has 19 heavy (non-hydrogen) atoms. The minimum atomic E-state index is -1.34. The summed E-state index contributed by atoms with van der Waals surface area (Å²) in [4.78, 5) is 40.4. The second kappa shape index (κ2) is 4.29. The van der Waals surface area contributed by atoms with Crippen molar-refractivity contribution in [2.75, 3.05) is 6.54 Å². The topological polar surface area (TPSA) is 96.4 Å². The Morgan fingerprint density at radius 3 is 2.58 bits per heavy atom. The minimum absolute atomic E-state index is 0.267. The van der Waals surface area contributed by atoms with Gasteiger partial charge >= 0.3 is 18.2 Å². The van der Waals surface area contributed by atoms with E-state index in [4.69, 9.17) is 9.84 Å². The van der Waals surface area contributed by atoms with Crippen LogP contribution < -0.4 is 0 Å². The molecule has 106 valence electrons. The molecule has 1 N–H and O–H groups in total. The van der Waals surface area contributed by atoms with E-state index in [0.29, 0.717) is 11.5 Å². The average molecular weight is 272 g/mol. The first-order valence-electron chi connectivity index (χ1n) is 5.94. The van der Waals surface area contributed by atoms with Crippen molar-refractivity contribution >= 4 is 18.2 Å². The van der Waals surface area contributed by atoms with Gasteiger partial charge in [-0.3, -0.25) is 4.90 Å². The highest BCUT2D eigenvalue weighted by Crippen LogP contribution is 2.31. The third kappa shape index (κ3) is 2.42. The molecule has 2 amide bonds. The summed E-state index contributed by atoms with van der Waals surface area (Å²) in [5, 5.41) is 9.51. The molecule has 2 atom stereocenters. The van der Waals surface area contributed by atoms with Gasteiger partial charge in [0.2, 0.25) is 0 Å². The van der Waals surface area contributed by atoms with Gasteiger partial charge in [-0.1, -0.05) is 0 Å². The second-order valence-corrected chi connectivity index (χ2v) is 5.49. The lowest BCUT2D eigenvalue weighted by molar-refractivity contribution is -0.168. The van der Waals surface area contributed by atoms with E-state index in [0.717, 1.165) is 0 Å². The normalized spacial score (nSPS) is 26.2. The van der Waals surface area contributed by atoms with Crippen LogP contribution in [0.4, 0.5) is 9.59 Å². The summed E-state index contributed by atoms with van der Waals surface area (Å²) in [6, 6.07) is -1.57. The smallest absolute Gasteiger partial charge is 0.441 e. The van der Waals surface area contributed by atoms with E-state index >= 15 is 0 Å². The molecule has 0 spiro atoms. The van der Waals surface area contributed by atoms with Crippen molar-refractivity contribution in [1.29, 1.82) is 0 Å². The molecule has 2 rings (SSSR count). The van der Waals surface area contributed by atoms with Crippen molar-refractivity contribution in [1.82, 2.24) is 9.96 Å². The first-order chi connectivity index (χ1) is 8.70. The van der Waals surface area contributed by atoms with E-state index in [2.05, 4.69) is 4.84 Å². The summed E-state index contributed by atoms with van der Waals surface area (Å²) >= 11 is 0. The number of amides is 2. The first kappa shape index (κ1) is 13.4. The van der Waals surface area contributed by atoms with E-state index in [9.17, 15) is 14.4 Å². The molecule has 0 bridgehead atoms. The Labute approximate surface area is 109 Å². The maximum atomic E-state index is 12.0. The molecule has 2 fully saturated rings. The van der Waals surface area contributed by atoms with Crippen LogP contribution in [0, 0.1) is 0 Å². The van der Waals surface area contributed by atoms with E-state index in [1.54, 1.807) is 20.8 Å². The molecule has 8 heteroatoms. The molecule has 0 aromatic heterocycles. The number of fused-ring (bicyclic) bond motifs is 1. The molecule has 0 aliphatic carbocycles. The number of carboxylic acid groups (broad SMARTS) is 1. The maximum absolute atomic E-state index is 12.0. The van der Waals surface area contributed by atoms with Gasteiger partial charge in [0.25, 0.3) is 0 Å². The Balaban J connectivity index is 2.13. The predicted octanol–water partition coefficient (Wildman–Crippen LogP) is 0.816. The van der Waals surface area contributed by atoms with Crippen LogP contribution in [-0.4, -0.2) is 57.5 Å². The van der Waals surface area contributed by atoms with Gasteiger partial charge in [0.1, 0.15) is 11.6 Å². The fourth-order valence-electron chi connectivity index (χ4n) is 2.23. The molecule has 2 unspecified atom stereocenters. The first-order valence-corrected chi connectivity index (χ1v) is 5.94. The molecular formula is C11H16N2O6. The van der Waals surface area contributed by atoms with E-state index < -0.39 is 35.8 Å². The summed E-state index contributed by atoms with van der Waals surface area (Å²) in [5.41, 5.74) is -0.676. The monoisotopic (exact) mass is 272 g/mol. The fraction of sp³-hybridized carbons (Fsp3) is 0.727. The van der Waals surface area contributed by atoms with Crippen LogP contribution >= 0.6 is 0 Å². The zero-order chi connectivity index (χ0) is 14.4. The van der Waals surface area contributed by atoms with Crippen LogP contribution in [0.2, 0.25) is 0 Å². The van der Waals surface area contributed by atoms with Crippen LogP contribution in [0.15, 0.2) is 0 Å². The Bertz CT molecular complexity index is 429. The van der Waals surface area contributed by atoms with Gasteiger partial charge in [0.15, 0.2) is 6.04 Å². The maximum Gasteiger partial charge on any atom is 0.441 e. The Morgan fingerprint density at radius 2 is 2.05 bits per heavy atom. The van der Waals surface area contributed by atoms with Crippen LogP contribution in [0.3, 0.4) is 0 Å². The van der Waals surface area contributed by atoms with E-state index in [1.165, 1.54) is 4.90 Å². The molecule has 2 saturated heterocycles. The SMILES string of the molecule is CC(C)(C)OC(=O)N1CCC2C1C(=O)ON2C(=O)O.